The highest BCUT2D eigenvalue weighted by atomic mass is 32.1. The third-order valence-corrected chi connectivity index (χ3v) is 4.94. The van der Waals surface area contributed by atoms with Crippen LogP contribution in [0.1, 0.15) is 60.0 Å². The molecule has 1 aliphatic carbocycles. The fourth-order valence-corrected chi connectivity index (χ4v) is 3.19. The Morgan fingerprint density at radius 3 is 2.29 bits per heavy atom. The Kier molecular flexibility index (Phi) is 4.99. The van der Waals surface area contributed by atoms with Crippen molar-refractivity contribution in [2.45, 2.75) is 57.9 Å². The van der Waals surface area contributed by atoms with Crippen molar-refractivity contribution in [1.82, 2.24) is 5.32 Å². The maximum Gasteiger partial charge on any atom is 0.252 e. The predicted molar refractivity (Wildman–Crippen MR) is 90.6 cm³/mol. The van der Waals surface area contributed by atoms with Gasteiger partial charge < -0.3 is 11.1 Å². The van der Waals surface area contributed by atoms with Crippen molar-refractivity contribution in [3.05, 3.63) is 34.9 Å². The predicted octanol–water partition coefficient (Wildman–Crippen LogP) is 3.41. The number of thiocarbonyl (C=S) groups is 1. The normalized spacial score (nSPS) is 17.8. The van der Waals surface area contributed by atoms with Gasteiger partial charge in [0.05, 0.1) is 10.5 Å². The van der Waals surface area contributed by atoms with Gasteiger partial charge >= 0.3 is 0 Å². The Morgan fingerprint density at radius 1 is 1.14 bits per heavy atom. The first-order valence-electron chi connectivity index (χ1n) is 7.64. The molecule has 0 radical (unpaired) electrons. The van der Waals surface area contributed by atoms with Crippen LogP contribution in [0.15, 0.2) is 18.2 Å². The molecule has 21 heavy (non-hydrogen) atoms. The molecule has 1 aromatic carbocycles. The molecule has 0 spiro atoms. The van der Waals surface area contributed by atoms with E-state index in [0.29, 0.717) is 10.6 Å². The summed E-state index contributed by atoms with van der Waals surface area (Å²) < 4.78 is 0. The molecule has 0 bridgehead atoms. The van der Waals surface area contributed by atoms with Crippen LogP contribution in [0.25, 0.3) is 0 Å². The zero-order valence-electron chi connectivity index (χ0n) is 12.9. The van der Waals surface area contributed by atoms with Crippen molar-refractivity contribution in [2.24, 2.45) is 5.73 Å². The number of rotatable bonds is 3. The van der Waals surface area contributed by atoms with Gasteiger partial charge in [0.1, 0.15) is 0 Å². The van der Waals surface area contributed by atoms with Crippen LogP contribution in [-0.2, 0) is 0 Å². The zero-order valence-corrected chi connectivity index (χ0v) is 13.7. The minimum atomic E-state index is -0.512. The van der Waals surface area contributed by atoms with Crippen molar-refractivity contribution < 1.29 is 4.79 Å². The number of benzene rings is 1. The minimum Gasteiger partial charge on any atom is -0.391 e. The molecular weight excluding hydrogens is 280 g/mol. The standard InChI is InChI=1S/C17H24N2OS/c1-12-7-8-14(11-13(12)2)15(20)19-17(16(18)21)9-5-3-4-6-10-17/h7-8,11H,3-6,9-10H2,1-2H3,(H2,18,21)(H,19,20). The highest BCUT2D eigenvalue weighted by Crippen LogP contribution is 2.28. The van der Waals surface area contributed by atoms with Crippen LogP contribution in [0.4, 0.5) is 0 Å². The Labute approximate surface area is 132 Å². The molecule has 0 atom stereocenters. The highest BCUT2D eigenvalue weighted by molar-refractivity contribution is 7.80. The van der Waals surface area contributed by atoms with Gasteiger partial charge in [0.2, 0.25) is 0 Å². The molecule has 3 N–H and O–H groups in total. The lowest BCUT2D eigenvalue weighted by atomic mass is 9.89. The van der Waals surface area contributed by atoms with Gasteiger partial charge in [-0.3, -0.25) is 4.79 Å². The van der Waals surface area contributed by atoms with Crippen LogP contribution in [-0.4, -0.2) is 16.4 Å². The van der Waals surface area contributed by atoms with Gasteiger partial charge in [-0.15, -0.1) is 0 Å². The molecule has 1 aromatic rings. The van der Waals surface area contributed by atoms with Gasteiger partial charge in [-0.1, -0.05) is 44.0 Å². The summed E-state index contributed by atoms with van der Waals surface area (Å²) in [5, 5.41) is 3.13. The van der Waals surface area contributed by atoms with Crippen molar-refractivity contribution in [3.63, 3.8) is 0 Å². The van der Waals surface area contributed by atoms with Gasteiger partial charge in [-0.25, -0.2) is 0 Å². The first-order valence-corrected chi connectivity index (χ1v) is 8.05. The van der Waals surface area contributed by atoms with Crippen LogP contribution in [0, 0.1) is 13.8 Å². The van der Waals surface area contributed by atoms with E-state index in [-0.39, 0.29) is 5.91 Å². The van der Waals surface area contributed by atoms with E-state index < -0.39 is 5.54 Å². The van der Waals surface area contributed by atoms with E-state index in [0.717, 1.165) is 31.2 Å². The van der Waals surface area contributed by atoms with Crippen molar-refractivity contribution >= 4 is 23.1 Å². The molecule has 0 aromatic heterocycles. The fraction of sp³-hybridized carbons (Fsp3) is 0.529. The molecule has 2 rings (SSSR count). The summed E-state index contributed by atoms with van der Waals surface area (Å²) in [6.07, 6.45) is 6.18. The van der Waals surface area contributed by atoms with E-state index in [2.05, 4.69) is 5.32 Å². The van der Waals surface area contributed by atoms with E-state index in [1.807, 2.05) is 32.0 Å². The zero-order chi connectivity index (χ0) is 15.5. The second kappa shape index (κ2) is 6.56. The smallest absolute Gasteiger partial charge is 0.252 e. The Bertz CT molecular complexity index is 546. The molecule has 1 fully saturated rings. The van der Waals surface area contributed by atoms with E-state index in [1.165, 1.54) is 18.4 Å². The minimum absolute atomic E-state index is 0.0761. The van der Waals surface area contributed by atoms with Gasteiger partial charge in [0.15, 0.2) is 0 Å². The summed E-state index contributed by atoms with van der Waals surface area (Å²) in [7, 11) is 0. The number of hydrogen-bond acceptors (Lipinski definition) is 2. The highest BCUT2D eigenvalue weighted by Gasteiger charge is 2.35. The average molecular weight is 304 g/mol. The molecule has 0 aliphatic heterocycles. The number of aryl methyl sites for hydroxylation is 2. The van der Waals surface area contributed by atoms with E-state index in [4.69, 9.17) is 18.0 Å². The lowest BCUT2D eigenvalue weighted by molar-refractivity contribution is 0.0917. The first kappa shape index (κ1) is 16.0. The molecule has 0 heterocycles. The Hall–Kier alpha value is -1.42. The van der Waals surface area contributed by atoms with Crippen molar-refractivity contribution in [1.29, 1.82) is 0 Å². The number of nitrogens with two attached hydrogens (primary N) is 1. The molecular formula is C17H24N2OS. The number of carbonyl (C=O) groups is 1. The van der Waals surface area contributed by atoms with Crippen LogP contribution in [0.3, 0.4) is 0 Å². The summed E-state index contributed by atoms with van der Waals surface area (Å²) in [5.74, 6) is -0.0761. The summed E-state index contributed by atoms with van der Waals surface area (Å²) >= 11 is 5.27. The largest absolute Gasteiger partial charge is 0.391 e. The van der Waals surface area contributed by atoms with E-state index in [1.54, 1.807) is 0 Å². The maximum absolute atomic E-state index is 12.6. The second-order valence-corrected chi connectivity index (χ2v) is 6.55. The SMILES string of the molecule is Cc1ccc(C(=O)NC2(C(N)=S)CCCCCC2)cc1C. The monoisotopic (exact) mass is 304 g/mol. The number of nitrogens with one attached hydrogen (secondary N) is 1. The number of hydrogen-bond donors (Lipinski definition) is 2. The van der Waals surface area contributed by atoms with Gasteiger partial charge in [0, 0.05) is 5.56 Å². The molecule has 1 saturated carbocycles. The topological polar surface area (TPSA) is 55.1 Å². The van der Waals surface area contributed by atoms with Crippen LogP contribution in [0.5, 0.6) is 0 Å². The second-order valence-electron chi connectivity index (χ2n) is 6.11. The van der Waals surface area contributed by atoms with Crippen molar-refractivity contribution in [2.75, 3.05) is 0 Å². The van der Waals surface area contributed by atoms with Crippen molar-refractivity contribution in [3.8, 4) is 0 Å². The lowest BCUT2D eigenvalue weighted by Gasteiger charge is -2.33. The van der Waals surface area contributed by atoms with E-state index >= 15 is 0 Å². The molecule has 0 unspecified atom stereocenters. The lowest BCUT2D eigenvalue weighted by Crippen LogP contribution is -2.56. The number of carbonyl (C=O) groups excluding carboxylic acids is 1. The van der Waals surface area contributed by atoms with E-state index in [9.17, 15) is 4.79 Å². The fourth-order valence-electron chi connectivity index (χ4n) is 2.94. The molecule has 1 aliphatic rings. The first-order chi connectivity index (χ1) is 9.94. The molecule has 1 amide bonds. The van der Waals surface area contributed by atoms with Gasteiger partial charge in [-0.05, 0) is 49.9 Å². The van der Waals surface area contributed by atoms with Crippen LogP contribution < -0.4 is 11.1 Å². The summed E-state index contributed by atoms with van der Waals surface area (Å²) in [6.45, 7) is 4.06. The van der Waals surface area contributed by atoms with Gasteiger partial charge in [-0.2, -0.15) is 0 Å². The third kappa shape index (κ3) is 3.62. The maximum atomic E-state index is 12.6. The average Bonchev–Trinajstić information content (AvgIpc) is 2.68. The summed E-state index contributed by atoms with van der Waals surface area (Å²) in [6, 6.07) is 5.76. The molecule has 4 heteroatoms. The third-order valence-electron chi connectivity index (χ3n) is 4.55. The molecule has 114 valence electrons. The Morgan fingerprint density at radius 2 is 1.76 bits per heavy atom. The van der Waals surface area contributed by atoms with Crippen LogP contribution in [0.2, 0.25) is 0 Å². The van der Waals surface area contributed by atoms with Gasteiger partial charge in [0.25, 0.3) is 5.91 Å². The Balaban J connectivity index is 2.21. The van der Waals surface area contributed by atoms with Crippen LogP contribution >= 0.6 is 12.2 Å². The summed E-state index contributed by atoms with van der Waals surface area (Å²) in [4.78, 5) is 13.0. The quantitative estimate of drug-likeness (QED) is 0.664. The molecule has 0 saturated heterocycles. The summed E-state index contributed by atoms with van der Waals surface area (Å²) in [5.41, 5.74) is 8.44. The number of amides is 1. The molecule has 3 nitrogen and oxygen atoms in total.